The van der Waals surface area contributed by atoms with Crippen molar-refractivity contribution in [3.8, 4) is 11.5 Å². The summed E-state index contributed by atoms with van der Waals surface area (Å²) in [6.07, 6.45) is 3.73. The second-order valence-corrected chi connectivity index (χ2v) is 8.45. The molecule has 3 rings (SSSR count). The van der Waals surface area contributed by atoms with Crippen molar-refractivity contribution in [3.63, 3.8) is 0 Å². The molecular formula is C23H27ClN4O5S. The summed E-state index contributed by atoms with van der Waals surface area (Å²) in [5.41, 5.74) is 1.17. The third-order valence-corrected chi connectivity index (χ3v) is 5.98. The van der Waals surface area contributed by atoms with E-state index in [1.54, 1.807) is 43.4 Å². The molecule has 0 N–H and O–H groups in total. The number of carbonyl (C=O) groups excluding carboxylic acids is 1. The number of halogens is 1. The number of nitrogens with zero attached hydrogens (tertiary/aromatic N) is 4. The van der Waals surface area contributed by atoms with Gasteiger partial charge in [0, 0.05) is 24.8 Å². The molecule has 0 saturated carbocycles. The molecule has 11 heteroatoms. The van der Waals surface area contributed by atoms with Crippen molar-refractivity contribution >= 4 is 56.8 Å². The van der Waals surface area contributed by atoms with Crippen molar-refractivity contribution in [2.75, 3.05) is 46.3 Å². The molecule has 0 radical (unpaired) electrons. The Balaban J connectivity index is 0.00000408. The van der Waals surface area contributed by atoms with Gasteiger partial charge in [-0.2, -0.15) is 0 Å². The summed E-state index contributed by atoms with van der Waals surface area (Å²) in [7, 11) is 7.11. The van der Waals surface area contributed by atoms with Crippen molar-refractivity contribution in [2.24, 2.45) is 0 Å². The SMILES string of the molecule is COc1ccc(OC)c2sc(N(CCCN(C)C)C(=O)C=Cc3cccc([N+](=O)[O-])c3)nc12.Cl. The number of ether oxygens (including phenoxy) is 2. The Bertz CT molecular complexity index is 1140. The minimum atomic E-state index is -0.464. The average molecular weight is 507 g/mol. The first-order valence-electron chi connectivity index (χ1n) is 10.2. The number of non-ortho nitro benzene ring substituents is 1. The van der Waals surface area contributed by atoms with Crippen molar-refractivity contribution in [2.45, 2.75) is 6.42 Å². The molecule has 34 heavy (non-hydrogen) atoms. The number of methoxy groups -OCH3 is 2. The van der Waals surface area contributed by atoms with Gasteiger partial charge in [-0.1, -0.05) is 23.5 Å². The van der Waals surface area contributed by atoms with Crippen LogP contribution in [0.15, 0.2) is 42.5 Å². The van der Waals surface area contributed by atoms with Crippen LogP contribution in [-0.2, 0) is 4.79 Å². The topological polar surface area (TPSA) is 98.0 Å². The number of benzene rings is 2. The zero-order chi connectivity index (χ0) is 24.0. The summed E-state index contributed by atoms with van der Waals surface area (Å²) in [6, 6.07) is 9.72. The van der Waals surface area contributed by atoms with Crippen LogP contribution in [0, 0.1) is 10.1 Å². The van der Waals surface area contributed by atoms with Gasteiger partial charge in [0.1, 0.15) is 21.7 Å². The van der Waals surface area contributed by atoms with E-state index in [0.29, 0.717) is 34.3 Å². The minimum Gasteiger partial charge on any atom is -0.495 e. The van der Waals surface area contributed by atoms with Crippen LogP contribution in [0.4, 0.5) is 10.8 Å². The zero-order valence-corrected chi connectivity index (χ0v) is 21.0. The van der Waals surface area contributed by atoms with Crippen LogP contribution < -0.4 is 14.4 Å². The molecule has 0 aliphatic rings. The van der Waals surface area contributed by atoms with Gasteiger partial charge in [0.05, 0.1) is 19.1 Å². The van der Waals surface area contributed by atoms with E-state index in [2.05, 4.69) is 4.98 Å². The summed E-state index contributed by atoms with van der Waals surface area (Å²) in [5, 5.41) is 11.6. The highest BCUT2D eigenvalue weighted by atomic mass is 35.5. The lowest BCUT2D eigenvalue weighted by Gasteiger charge is -2.19. The van der Waals surface area contributed by atoms with Crippen LogP contribution in [0.2, 0.25) is 0 Å². The van der Waals surface area contributed by atoms with Crippen molar-refractivity contribution in [1.82, 2.24) is 9.88 Å². The molecule has 0 aliphatic heterocycles. The molecule has 0 fully saturated rings. The third-order valence-electron chi connectivity index (χ3n) is 4.88. The minimum absolute atomic E-state index is 0. The van der Waals surface area contributed by atoms with Crippen LogP contribution in [0.1, 0.15) is 12.0 Å². The van der Waals surface area contributed by atoms with Crippen molar-refractivity contribution in [1.29, 1.82) is 0 Å². The fraction of sp³-hybridized carbons (Fsp3) is 0.304. The fourth-order valence-corrected chi connectivity index (χ4v) is 4.34. The van der Waals surface area contributed by atoms with E-state index in [0.717, 1.165) is 17.7 Å². The molecule has 0 bridgehead atoms. The van der Waals surface area contributed by atoms with Crippen LogP contribution in [0.5, 0.6) is 11.5 Å². The van der Waals surface area contributed by atoms with Gasteiger partial charge in [-0.15, -0.1) is 12.4 Å². The van der Waals surface area contributed by atoms with Gasteiger partial charge in [0.15, 0.2) is 5.13 Å². The number of nitro benzene ring substituents is 1. The molecule has 0 spiro atoms. The number of amides is 1. The number of aromatic nitrogens is 1. The molecule has 1 amide bonds. The first kappa shape index (κ1) is 27.0. The zero-order valence-electron chi connectivity index (χ0n) is 19.4. The number of hydrogen-bond acceptors (Lipinski definition) is 8. The van der Waals surface area contributed by atoms with E-state index in [-0.39, 0.29) is 24.0 Å². The molecule has 9 nitrogen and oxygen atoms in total. The fourth-order valence-electron chi connectivity index (χ4n) is 3.23. The normalized spacial score (nSPS) is 11.0. The summed E-state index contributed by atoms with van der Waals surface area (Å²) in [5.74, 6) is 0.987. The largest absolute Gasteiger partial charge is 0.495 e. The maximum Gasteiger partial charge on any atom is 0.270 e. The predicted molar refractivity (Wildman–Crippen MR) is 138 cm³/mol. The highest BCUT2D eigenvalue weighted by molar-refractivity contribution is 7.22. The van der Waals surface area contributed by atoms with Crippen molar-refractivity contribution < 1.29 is 19.2 Å². The van der Waals surface area contributed by atoms with Gasteiger partial charge in [-0.25, -0.2) is 4.98 Å². The second kappa shape index (κ2) is 12.3. The molecule has 3 aromatic rings. The molecule has 0 unspecified atom stereocenters. The van der Waals surface area contributed by atoms with Crippen LogP contribution in [0.3, 0.4) is 0 Å². The summed E-state index contributed by atoms with van der Waals surface area (Å²) < 4.78 is 11.7. The number of thiazole rings is 1. The number of nitro groups is 1. The second-order valence-electron chi connectivity index (χ2n) is 7.48. The molecule has 1 heterocycles. The molecule has 2 aromatic carbocycles. The highest BCUT2D eigenvalue weighted by Gasteiger charge is 2.21. The molecule has 182 valence electrons. The Kier molecular flexibility index (Phi) is 9.79. The van der Waals surface area contributed by atoms with Crippen LogP contribution in [0.25, 0.3) is 16.3 Å². The Morgan fingerprint density at radius 3 is 2.50 bits per heavy atom. The van der Waals surface area contributed by atoms with Gasteiger partial charge in [-0.3, -0.25) is 19.8 Å². The number of anilines is 1. The number of fused-ring (bicyclic) bond motifs is 1. The predicted octanol–water partition coefficient (Wildman–Crippen LogP) is 4.64. The maximum atomic E-state index is 13.2. The highest BCUT2D eigenvalue weighted by Crippen LogP contribution is 2.40. The molecule has 0 atom stereocenters. The van der Waals surface area contributed by atoms with Gasteiger partial charge >= 0.3 is 0 Å². The average Bonchev–Trinajstić information content (AvgIpc) is 3.24. The lowest BCUT2D eigenvalue weighted by Crippen LogP contribution is -2.32. The van der Waals surface area contributed by atoms with E-state index >= 15 is 0 Å². The van der Waals surface area contributed by atoms with Gasteiger partial charge < -0.3 is 14.4 Å². The molecular weight excluding hydrogens is 480 g/mol. The maximum absolute atomic E-state index is 13.2. The molecule has 1 aromatic heterocycles. The van der Waals surface area contributed by atoms with E-state index in [9.17, 15) is 14.9 Å². The van der Waals surface area contributed by atoms with Crippen LogP contribution in [-0.4, -0.2) is 62.1 Å². The summed E-state index contributed by atoms with van der Waals surface area (Å²) in [6.45, 7) is 1.26. The number of hydrogen-bond donors (Lipinski definition) is 0. The van der Waals surface area contributed by atoms with E-state index in [4.69, 9.17) is 9.47 Å². The van der Waals surface area contributed by atoms with Gasteiger partial charge in [0.25, 0.3) is 11.6 Å². The van der Waals surface area contributed by atoms with Gasteiger partial charge in [-0.05, 0) is 50.8 Å². The van der Waals surface area contributed by atoms with E-state index < -0.39 is 4.92 Å². The lowest BCUT2D eigenvalue weighted by molar-refractivity contribution is -0.384. The Labute approximate surface area is 208 Å². The molecule has 0 aliphatic carbocycles. The quantitative estimate of drug-likeness (QED) is 0.224. The monoisotopic (exact) mass is 506 g/mol. The Hall–Kier alpha value is -3.21. The third kappa shape index (κ3) is 6.43. The standard InChI is InChI=1S/C23H26N4O5S.ClH/c1-25(2)13-6-14-26(20(28)12-9-16-7-5-8-17(15-16)27(29)30)23-24-21-18(31-3)10-11-19(32-4)22(21)33-23;/h5,7-12,15H,6,13-14H2,1-4H3;1H. The van der Waals surface area contributed by atoms with E-state index in [1.807, 2.05) is 25.1 Å². The van der Waals surface area contributed by atoms with E-state index in [1.165, 1.54) is 29.5 Å². The smallest absolute Gasteiger partial charge is 0.270 e. The Morgan fingerprint density at radius 2 is 1.85 bits per heavy atom. The summed E-state index contributed by atoms with van der Waals surface area (Å²) in [4.78, 5) is 32.1. The number of carbonyl (C=O) groups is 1. The first-order valence-corrected chi connectivity index (χ1v) is 11.1. The number of rotatable bonds is 10. The van der Waals surface area contributed by atoms with Crippen LogP contribution >= 0.6 is 23.7 Å². The lowest BCUT2D eigenvalue weighted by atomic mass is 10.2. The Morgan fingerprint density at radius 1 is 1.15 bits per heavy atom. The summed E-state index contributed by atoms with van der Waals surface area (Å²) >= 11 is 1.35. The van der Waals surface area contributed by atoms with Gasteiger partial charge in [0.2, 0.25) is 0 Å². The molecule has 0 saturated heterocycles. The van der Waals surface area contributed by atoms with Crippen molar-refractivity contribution in [3.05, 3.63) is 58.2 Å². The first-order chi connectivity index (χ1) is 15.8.